The number of fused-ring (bicyclic) bond motifs is 1. The van der Waals surface area contributed by atoms with Crippen molar-refractivity contribution in [2.24, 2.45) is 5.92 Å². The number of rotatable bonds is 5. The molecule has 0 spiro atoms. The van der Waals surface area contributed by atoms with Crippen LogP contribution in [0, 0.1) is 11.7 Å². The van der Waals surface area contributed by atoms with Gasteiger partial charge in [-0.25, -0.2) is 4.39 Å². The fourth-order valence-electron chi connectivity index (χ4n) is 3.66. The molecule has 0 aliphatic heterocycles. The summed E-state index contributed by atoms with van der Waals surface area (Å²) >= 11 is 0. The van der Waals surface area contributed by atoms with Gasteiger partial charge in [-0.2, -0.15) is 0 Å². The number of aromatic nitrogens is 2. The molecule has 5 nitrogen and oxygen atoms in total. The van der Waals surface area contributed by atoms with E-state index in [1.807, 2.05) is 10.6 Å². The van der Waals surface area contributed by atoms with Crippen molar-refractivity contribution < 1.29 is 9.18 Å². The Morgan fingerprint density at radius 3 is 2.81 bits per heavy atom. The maximum atomic E-state index is 12.9. The Kier molecular flexibility index (Phi) is 4.57. The Bertz CT molecular complexity index is 872. The van der Waals surface area contributed by atoms with Gasteiger partial charge in [-0.05, 0) is 55.7 Å². The maximum Gasteiger partial charge on any atom is 0.250 e. The molecule has 1 fully saturated rings. The predicted molar refractivity (Wildman–Crippen MR) is 95.3 cm³/mol. The maximum absolute atomic E-state index is 12.9. The largest absolute Gasteiger partial charge is 0.353 e. The van der Waals surface area contributed by atoms with Gasteiger partial charge >= 0.3 is 0 Å². The van der Waals surface area contributed by atoms with Gasteiger partial charge in [0.25, 0.3) is 5.56 Å². The minimum Gasteiger partial charge on any atom is -0.353 e. The first kappa shape index (κ1) is 16.9. The van der Waals surface area contributed by atoms with Crippen molar-refractivity contribution in [3.05, 3.63) is 63.6 Å². The second-order valence-electron chi connectivity index (χ2n) is 7.35. The molecule has 6 heteroatoms. The molecule has 4 rings (SSSR count). The molecule has 136 valence electrons. The van der Waals surface area contributed by atoms with Crippen LogP contribution in [-0.4, -0.2) is 21.5 Å². The van der Waals surface area contributed by atoms with Crippen LogP contribution in [0.2, 0.25) is 0 Å². The third kappa shape index (κ3) is 3.84. The summed E-state index contributed by atoms with van der Waals surface area (Å²) in [7, 11) is 0. The van der Waals surface area contributed by atoms with Crippen LogP contribution >= 0.6 is 0 Å². The summed E-state index contributed by atoms with van der Waals surface area (Å²) in [5, 5.41) is 3.05. The lowest BCUT2D eigenvalue weighted by Gasteiger charge is -2.27. The molecule has 26 heavy (non-hydrogen) atoms. The second-order valence-corrected chi connectivity index (χ2v) is 7.35. The van der Waals surface area contributed by atoms with E-state index in [1.165, 1.54) is 25.0 Å². The van der Waals surface area contributed by atoms with Crippen LogP contribution in [0.3, 0.4) is 0 Å². The van der Waals surface area contributed by atoms with Crippen LogP contribution in [0.1, 0.15) is 36.2 Å². The van der Waals surface area contributed by atoms with Gasteiger partial charge in [0.15, 0.2) is 0 Å². The average molecular weight is 355 g/mol. The highest BCUT2D eigenvalue weighted by Gasteiger charge is 2.27. The fraction of sp³-hybridized carbons (Fsp3) is 0.450. The molecule has 2 aromatic heterocycles. The summed E-state index contributed by atoms with van der Waals surface area (Å²) in [6.45, 7) is 0.829. The molecule has 1 N–H and O–H groups in total. The average Bonchev–Trinajstić information content (AvgIpc) is 3.44. The summed E-state index contributed by atoms with van der Waals surface area (Å²) in [5.74, 6) is 0.138. The number of pyridine rings is 2. The summed E-state index contributed by atoms with van der Waals surface area (Å²) in [6, 6.07) is 6.45. The Balaban J connectivity index is 1.41. The van der Waals surface area contributed by atoms with E-state index >= 15 is 0 Å². The van der Waals surface area contributed by atoms with E-state index < -0.39 is 5.82 Å². The van der Waals surface area contributed by atoms with Gasteiger partial charge in [-0.3, -0.25) is 14.6 Å². The molecule has 1 atom stereocenters. The first-order valence-corrected chi connectivity index (χ1v) is 9.20. The Labute approximate surface area is 151 Å². The first-order chi connectivity index (χ1) is 12.6. The predicted octanol–water partition coefficient (Wildman–Crippen LogP) is 2.01. The summed E-state index contributed by atoms with van der Waals surface area (Å²) in [5.41, 5.74) is 2.93. The number of nitrogens with one attached hydrogen (secondary N) is 1. The Morgan fingerprint density at radius 1 is 1.23 bits per heavy atom. The van der Waals surface area contributed by atoms with Gasteiger partial charge < -0.3 is 9.88 Å². The summed E-state index contributed by atoms with van der Waals surface area (Å²) < 4.78 is 14.8. The van der Waals surface area contributed by atoms with E-state index in [9.17, 15) is 14.0 Å². The van der Waals surface area contributed by atoms with E-state index in [4.69, 9.17) is 0 Å². The number of hydrogen-bond acceptors (Lipinski definition) is 3. The zero-order valence-corrected chi connectivity index (χ0v) is 14.6. The smallest absolute Gasteiger partial charge is 0.250 e. The normalized spacial score (nSPS) is 19.0. The molecule has 2 aliphatic rings. The number of nitrogens with zero attached hydrogens (tertiary/aromatic N) is 2. The lowest BCUT2D eigenvalue weighted by molar-refractivity contribution is -0.121. The van der Waals surface area contributed by atoms with Crippen LogP contribution in [-0.2, 0) is 30.6 Å². The second kappa shape index (κ2) is 7.02. The van der Waals surface area contributed by atoms with Crippen LogP contribution in [0.5, 0.6) is 0 Å². The molecule has 0 aromatic carbocycles. The first-order valence-electron chi connectivity index (χ1n) is 9.20. The molecule has 1 unspecified atom stereocenters. The molecule has 0 saturated heterocycles. The lowest BCUT2D eigenvalue weighted by Crippen LogP contribution is -2.41. The van der Waals surface area contributed by atoms with Crippen LogP contribution in [0.25, 0.3) is 0 Å². The fourth-order valence-corrected chi connectivity index (χ4v) is 3.66. The van der Waals surface area contributed by atoms with Crippen molar-refractivity contribution in [3.63, 3.8) is 0 Å². The van der Waals surface area contributed by atoms with Gasteiger partial charge in [0.2, 0.25) is 5.91 Å². The van der Waals surface area contributed by atoms with Gasteiger partial charge in [0, 0.05) is 30.0 Å². The molecular formula is C20H22FN3O2. The van der Waals surface area contributed by atoms with E-state index in [-0.39, 0.29) is 23.9 Å². The molecule has 1 amide bonds. The summed E-state index contributed by atoms with van der Waals surface area (Å²) in [6.07, 6.45) is 6.06. The molecule has 0 radical (unpaired) electrons. The van der Waals surface area contributed by atoms with Gasteiger partial charge in [0.05, 0.1) is 12.6 Å². The molecule has 2 aromatic rings. The standard InChI is InChI=1S/C20H22FN3O2/c21-15-4-5-16(22-11-15)10-19(25)23-17-6-7-18-14(9-17)3-8-20(26)24(18)12-13-1-2-13/h3-5,8,11,13,17H,1-2,6-7,9-10,12H2,(H,23,25). The number of carbonyl (C=O) groups excluding carboxylic acids is 1. The van der Waals surface area contributed by atoms with Crippen molar-refractivity contribution in [1.29, 1.82) is 0 Å². The van der Waals surface area contributed by atoms with Crippen molar-refractivity contribution in [1.82, 2.24) is 14.9 Å². The highest BCUT2D eigenvalue weighted by molar-refractivity contribution is 5.78. The SMILES string of the molecule is O=C(Cc1ccc(F)cn1)NC1CCc2c(ccc(=O)n2CC2CC2)C1. The van der Waals surface area contributed by atoms with Crippen molar-refractivity contribution in [2.75, 3.05) is 0 Å². The minimum absolute atomic E-state index is 0.0577. The van der Waals surface area contributed by atoms with Crippen LogP contribution in [0.15, 0.2) is 35.3 Å². The topological polar surface area (TPSA) is 64.0 Å². The van der Waals surface area contributed by atoms with E-state index in [1.54, 1.807) is 6.07 Å². The third-order valence-corrected chi connectivity index (χ3v) is 5.22. The zero-order chi connectivity index (χ0) is 18.1. The number of hydrogen-bond donors (Lipinski definition) is 1. The molecule has 2 aliphatic carbocycles. The van der Waals surface area contributed by atoms with Crippen LogP contribution in [0.4, 0.5) is 4.39 Å². The number of halogens is 1. The van der Waals surface area contributed by atoms with E-state index in [0.717, 1.165) is 43.3 Å². The monoisotopic (exact) mass is 355 g/mol. The molecule has 0 bridgehead atoms. The quantitative estimate of drug-likeness (QED) is 0.892. The third-order valence-electron chi connectivity index (χ3n) is 5.22. The number of amides is 1. The van der Waals surface area contributed by atoms with E-state index in [0.29, 0.717) is 11.6 Å². The van der Waals surface area contributed by atoms with Gasteiger partial charge in [-0.1, -0.05) is 6.07 Å². The summed E-state index contributed by atoms with van der Waals surface area (Å²) in [4.78, 5) is 28.4. The molecule has 1 saturated carbocycles. The Hall–Kier alpha value is -2.50. The van der Waals surface area contributed by atoms with E-state index in [2.05, 4.69) is 10.3 Å². The molecular weight excluding hydrogens is 333 g/mol. The minimum atomic E-state index is -0.407. The number of carbonyl (C=O) groups is 1. The van der Waals surface area contributed by atoms with Crippen molar-refractivity contribution in [2.45, 2.75) is 51.1 Å². The lowest BCUT2D eigenvalue weighted by atomic mass is 9.91. The van der Waals surface area contributed by atoms with Gasteiger partial charge in [-0.15, -0.1) is 0 Å². The van der Waals surface area contributed by atoms with Crippen molar-refractivity contribution >= 4 is 5.91 Å². The highest BCUT2D eigenvalue weighted by atomic mass is 19.1. The van der Waals surface area contributed by atoms with Crippen LogP contribution < -0.4 is 10.9 Å². The Morgan fingerprint density at radius 2 is 2.08 bits per heavy atom. The van der Waals surface area contributed by atoms with Crippen molar-refractivity contribution in [3.8, 4) is 0 Å². The molecule has 2 heterocycles. The highest BCUT2D eigenvalue weighted by Crippen LogP contribution is 2.31. The van der Waals surface area contributed by atoms with Gasteiger partial charge in [0.1, 0.15) is 5.82 Å². The zero-order valence-electron chi connectivity index (χ0n) is 14.6.